The van der Waals surface area contributed by atoms with Crippen molar-refractivity contribution in [3.8, 4) is 11.5 Å². The van der Waals surface area contributed by atoms with Gasteiger partial charge in [-0.2, -0.15) is 0 Å². The first kappa shape index (κ1) is 20.3. The van der Waals surface area contributed by atoms with Crippen LogP contribution in [0.1, 0.15) is 11.1 Å². The maximum Gasteiger partial charge on any atom is 0.331 e. The van der Waals surface area contributed by atoms with E-state index in [0.717, 1.165) is 5.56 Å². The van der Waals surface area contributed by atoms with Crippen LogP contribution in [-0.4, -0.2) is 32.7 Å². The van der Waals surface area contributed by atoms with E-state index in [1.165, 1.54) is 13.2 Å². The monoisotopic (exact) mass is 389 g/mol. The summed E-state index contributed by atoms with van der Waals surface area (Å²) in [7, 11) is 3.08. The topological polar surface area (TPSA) is 73.9 Å². The zero-order valence-electron chi connectivity index (χ0n) is 15.0. The lowest BCUT2D eigenvalue weighted by Crippen LogP contribution is -2.28. The summed E-state index contributed by atoms with van der Waals surface area (Å²) >= 11 is 5.80. The minimum absolute atomic E-state index is 0.326. The van der Waals surface area contributed by atoms with Gasteiger partial charge in [0.1, 0.15) is 11.5 Å². The second-order valence-electron chi connectivity index (χ2n) is 5.45. The molecule has 0 aliphatic carbocycles. The van der Waals surface area contributed by atoms with Gasteiger partial charge in [0, 0.05) is 29.3 Å². The maximum absolute atomic E-state index is 11.8. The molecule has 0 aromatic heterocycles. The molecule has 142 valence electrons. The molecule has 0 saturated heterocycles. The van der Waals surface area contributed by atoms with Crippen molar-refractivity contribution in [1.82, 2.24) is 5.32 Å². The number of rotatable bonds is 8. The number of ether oxygens (including phenoxy) is 3. The lowest BCUT2D eigenvalue weighted by Gasteiger charge is -2.07. The number of carbonyl (C=O) groups is 2. The maximum atomic E-state index is 11.8. The van der Waals surface area contributed by atoms with E-state index in [0.29, 0.717) is 28.6 Å². The molecule has 0 spiro atoms. The minimum atomic E-state index is -0.630. The van der Waals surface area contributed by atoms with Gasteiger partial charge in [-0.1, -0.05) is 23.7 Å². The molecule has 1 N–H and O–H groups in total. The van der Waals surface area contributed by atoms with E-state index >= 15 is 0 Å². The summed E-state index contributed by atoms with van der Waals surface area (Å²) in [5.41, 5.74) is 1.58. The Bertz CT molecular complexity index is 818. The first-order valence-corrected chi connectivity index (χ1v) is 8.47. The number of carbonyl (C=O) groups excluding carboxylic acids is 2. The van der Waals surface area contributed by atoms with Gasteiger partial charge in [-0.25, -0.2) is 4.79 Å². The molecular weight excluding hydrogens is 370 g/mol. The van der Waals surface area contributed by atoms with Crippen LogP contribution in [0.3, 0.4) is 0 Å². The van der Waals surface area contributed by atoms with Crippen LogP contribution in [-0.2, 0) is 20.9 Å². The standard InChI is InChI=1S/C20H20ClNO5/c1-25-17-9-5-15(18(11-17)26-2)6-10-20(24)27-13-19(23)22-12-14-3-7-16(21)8-4-14/h3-11H,12-13H2,1-2H3,(H,22,23). The lowest BCUT2D eigenvalue weighted by molar-refractivity contribution is -0.143. The average molecular weight is 390 g/mol. The molecular formula is C20H20ClNO5. The van der Waals surface area contributed by atoms with Crippen LogP contribution in [0.2, 0.25) is 5.02 Å². The van der Waals surface area contributed by atoms with Crippen LogP contribution in [0.4, 0.5) is 0 Å². The Balaban J connectivity index is 1.80. The van der Waals surface area contributed by atoms with E-state index in [2.05, 4.69) is 5.32 Å². The summed E-state index contributed by atoms with van der Waals surface area (Å²) in [6.45, 7) is -0.0387. The second kappa shape index (κ2) is 10.2. The fourth-order valence-corrected chi connectivity index (χ4v) is 2.28. The van der Waals surface area contributed by atoms with E-state index in [9.17, 15) is 9.59 Å². The summed E-state index contributed by atoms with van der Waals surface area (Å²) in [5.74, 6) is 0.172. The van der Waals surface area contributed by atoms with Gasteiger partial charge in [0.2, 0.25) is 0 Å². The molecule has 0 fully saturated rings. The van der Waals surface area contributed by atoms with Crippen LogP contribution in [0.5, 0.6) is 11.5 Å². The number of benzene rings is 2. The zero-order valence-corrected chi connectivity index (χ0v) is 15.8. The highest BCUT2D eigenvalue weighted by atomic mass is 35.5. The normalized spacial score (nSPS) is 10.5. The third-order valence-corrected chi connectivity index (χ3v) is 3.84. The fourth-order valence-electron chi connectivity index (χ4n) is 2.15. The van der Waals surface area contributed by atoms with Gasteiger partial charge in [0.05, 0.1) is 14.2 Å². The number of amides is 1. The molecule has 6 nitrogen and oxygen atoms in total. The summed E-state index contributed by atoms with van der Waals surface area (Å²) in [4.78, 5) is 23.5. The number of esters is 1. The Hall–Kier alpha value is -2.99. The lowest BCUT2D eigenvalue weighted by atomic mass is 10.2. The molecule has 2 rings (SSSR count). The van der Waals surface area contributed by atoms with Crippen molar-refractivity contribution in [1.29, 1.82) is 0 Å². The quantitative estimate of drug-likeness (QED) is 0.554. The van der Waals surface area contributed by atoms with Crippen LogP contribution in [0, 0.1) is 0 Å². The van der Waals surface area contributed by atoms with Crippen molar-refractivity contribution in [2.75, 3.05) is 20.8 Å². The van der Waals surface area contributed by atoms with Gasteiger partial charge in [-0.3, -0.25) is 4.79 Å². The molecule has 2 aromatic carbocycles. The average Bonchev–Trinajstić information content (AvgIpc) is 2.70. The predicted molar refractivity (Wildman–Crippen MR) is 103 cm³/mol. The third kappa shape index (κ3) is 6.67. The Kier molecular flexibility index (Phi) is 7.70. The van der Waals surface area contributed by atoms with Crippen LogP contribution in [0.15, 0.2) is 48.5 Å². The summed E-state index contributed by atoms with van der Waals surface area (Å²) in [6.07, 6.45) is 2.78. The Morgan fingerprint density at radius 1 is 1.07 bits per heavy atom. The molecule has 7 heteroatoms. The molecule has 0 aliphatic heterocycles. The molecule has 2 aromatic rings. The first-order valence-electron chi connectivity index (χ1n) is 8.10. The van der Waals surface area contributed by atoms with E-state index in [1.54, 1.807) is 55.7 Å². The molecule has 0 bridgehead atoms. The molecule has 0 unspecified atom stereocenters. The molecule has 0 radical (unpaired) electrons. The molecule has 1 amide bonds. The van der Waals surface area contributed by atoms with Gasteiger partial charge in [0.15, 0.2) is 6.61 Å². The number of hydrogen-bond acceptors (Lipinski definition) is 5. The minimum Gasteiger partial charge on any atom is -0.497 e. The van der Waals surface area contributed by atoms with Crippen molar-refractivity contribution in [3.05, 3.63) is 64.7 Å². The van der Waals surface area contributed by atoms with Gasteiger partial charge in [-0.15, -0.1) is 0 Å². The highest BCUT2D eigenvalue weighted by Gasteiger charge is 2.06. The van der Waals surface area contributed by atoms with Crippen molar-refractivity contribution >= 4 is 29.6 Å². The van der Waals surface area contributed by atoms with E-state index in [-0.39, 0.29) is 6.61 Å². The van der Waals surface area contributed by atoms with Crippen molar-refractivity contribution in [2.24, 2.45) is 0 Å². The van der Waals surface area contributed by atoms with Gasteiger partial charge < -0.3 is 19.5 Å². The van der Waals surface area contributed by atoms with Crippen molar-refractivity contribution in [3.63, 3.8) is 0 Å². The SMILES string of the molecule is COc1ccc(C=CC(=O)OCC(=O)NCc2ccc(Cl)cc2)c(OC)c1. The van der Waals surface area contributed by atoms with Gasteiger partial charge >= 0.3 is 5.97 Å². The third-order valence-electron chi connectivity index (χ3n) is 3.59. The van der Waals surface area contributed by atoms with Gasteiger partial charge in [-0.05, 0) is 35.9 Å². The number of methoxy groups -OCH3 is 2. The van der Waals surface area contributed by atoms with E-state index in [4.69, 9.17) is 25.8 Å². The zero-order chi connectivity index (χ0) is 19.6. The Labute approximate surface area is 162 Å². The van der Waals surface area contributed by atoms with Crippen LogP contribution in [0.25, 0.3) is 6.08 Å². The Morgan fingerprint density at radius 2 is 1.81 bits per heavy atom. The number of hydrogen-bond donors (Lipinski definition) is 1. The van der Waals surface area contributed by atoms with Crippen LogP contribution < -0.4 is 14.8 Å². The molecule has 0 saturated carbocycles. The number of halogens is 1. The second-order valence-corrected chi connectivity index (χ2v) is 5.89. The first-order chi connectivity index (χ1) is 13.0. The molecule has 0 heterocycles. The summed E-state index contributed by atoms with van der Waals surface area (Å²) in [6, 6.07) is 12.3. The van der Waals surface area contributed by atoms with Crippen molar-refractivity contribution < 1.29 is 23.8 Å². The molecule has 27 heavy (non-hydrogen) atoms. The van der Waals surface area contributed by atoms with Gasteiger partial charge in [0.25, 0.3) is 5.91 Å². The molecule has 0 aliphatic rings. The highest BCUT2D eigenvalue weighted by molar-refractivity contribution is 6.30. The summed E-state index contributed by atoms with van der Waals surface area (Å²) < 4.78 is 15.3. The fraction of sp³-hybridized carbons (Fsp3) is 0.200. The smallest absolute Gasteiger partial charge is 0.331 e. The summed E-state index contributed by atoms with van der Waals surface area (Å²) in [5, 5.41) is 3.29. The largest absolute Gasteiger partial charge is 0.497 e. The highest BCUT2D eigenvalue weighted by Crippen LogP contribution is 2.25. The number of nitrogens with one attached hydrogen (secondary N) is 1. The van der Waals surface area contributed by atoms with E-state index in [1.807, 2.05) is 0 Å². The Morgan fingerprint density at radius 3 is 2.48 bits per heavy atom. The van der Waals surface area contributed by atoms with Crippen molar-refractivity contribution in [2.45, 2.75) is 6.54 Å². The van der Waals surface area contributed by atoms with E-state index < -0.39 is 11.9 Å². The van der Waals surface area contributed by atoms with Crippen LogP contribution >= 0.6 is 11.6 Å². The predicted octanol–water partition coefficient (Wildman–Crippen LogP) is 3.23. The molecule has 0 atom stereocenters.